The monoisotopic (exact) mass is 284 g/mol. The number of thiophene rings is 1. The van der Waals surface area contributed by atoms with Gasteiger partial charge in [-0.3, -0.25) is 9.78 Å². The lowest BCUT2D eigenvalue weighted by Gasteiger charge is -1.95. The number of hydrogen-bond acceptors (Lipinski definition) is 3. The SMILES string of the molecule is CCCCc1ccc(C=C2C(=O)Nc3cnccc32)s1. The standard InChI is InChI=1S/C16H16N2OS/c1-2-3-4-11-5-6-12(20-11)9-14-13-7-8-17-10-15(13)18-16(14)19/h5-10H,2-4H2,1H3,(H,18,19). The fourth-order valence-corrected chi connectivity index (χ4v) is 3.28. The number of fused-ring (bicyclic) bond motifs is 1. The van der Waals surface area contributed by atoms with Crippen LogP contribution in [-0.2, 0) is 11.2 Å². The van der Waals surface area contributed by atoms with Crippen molar-refractivity contribution in [2.24, 2.45) is 0 Å². The van der Waals surface area contributed by atoms with Crippen LogP contribution >= 0.6 is 11.3 Å². The third kappa shape index (κ3) is 2.51. The molecule has 1 N–H and O–H groups in total. The summed E-state index contributed by atoms with van der Waals surface area (Å²) < 4.78 is 0. The first kappa shape index (κ1) is 13.1. The minimum absolute atomic E-state index is 0.0449. The molecule has 0 saturated heterocycles. The van der Waals surface area contributed by atoms with Crippen molar-refractivity contribution in [3.8, 4) is 0 Å². The highest BCUT2D eigenvalue weighted by atomic mass is 32.1. The van der Waals surface area contributed by atoms with E-state index in [0.717, 1.165) is 28.1 Å². The molecule has 4 heteroatoms. The maximum atomic E-state index is 12.0. The molecule has 3 heterocycles. The van der Waals surface area contributed by atoms with Crippen LogP contribution in [0.3, 0.4) is 0 Å². The zero-order valence-corrected chi connectivity index (χ0v) is 12.2. The van der Waals surface area contributed by atoms with Gasteiger partial charge >= 0.3 is 0 Å². The van der Waals surface area contributed by atoms with Gasteiger partial charge in [-0.25, -0.2) is 0 Å². The smallest absolute Gasteiger partial charge is 0.256 e. The van der Waals surface area contributed by atoms with Crippen LogP contribution in [0.4, 0.5) is 5.69 Å². The summed E-state index contributed by atoms with van der Waals surface area (Å²) in [5, 5.41) is 2.84. The van der Waals surface area contributed by atoms with Gasteiger partial charge in [0.25, 0.3) is 5.91 Å². The Hall–Kier alpha value is -1.94. The summed E-state index contributed by atoms with van der Waals surface area (Å²) in [5.41, 5.74) is 2.46. The highest BCUT2D eigenvalue weighted by Gasteiger charge is 2.23. The number of pyridine rings is 1. The van der Waals surface area contributed by atoms with Gasteiger partial charge in [-0.15, -0.1) is 11.3 Å². The first-order chi connectivity index (χ1) is 9.78. The predicted molar refractivity (Wildman–Crippen MR) is 83.7 cm³/mol. The number of amides is 1. The highest BCUT2D eigenvalue weighted by Crippen LogP contribution is 2.33. The molecule has 1 aliphatic rings. The highest BCUT2D eigenvalue weighted by molar-refractivity contribution is 7.13. The summed E-state index contributed by atoms with van der Waals surface area (Å²) in [6, 6.07) is 6.13. The Kier molecular flexibility index (Phi) is 3.65. The van der Waals surface area contributed by atoms with E-state index in [1.165, 1.54) is 17.7 Å². The van der Waals surface area contributed by atoms with Crippen LogP contribution in [0.5, 0.6) is 0 Å². The molecule has 3 nitrogen and oxygen atoms in total. The number of aromatic nitrogens is 1. The maximum Gasteiger partial charge on any atom is 0.256 e. The summed E-state index contributed by atoms with van der Waals surface area (Å²) in [4.78, 5) is 18.6. The summed E-state index contributed by atoms with van der Waals surface area (Å²) >= 11 is 1.76. The summed E-state index contributed by atoms with van der Waals surface area (Å²) in [7, 11) is 0. The molecule has 0 fully saturated rings. The van der Waals surface area contributed by atoms with E-state index >= 15 is 0 Å². The number of nitrogens with one attached hydrogen (secondary N) is 1. The first-order valence-corrected chi connectivity index (χ1v) is 7.65. The van der Waals surface area contributed by atoms with E-state index in [4.69, 9.17) is 0 Å². The number of aryl methyl sites for hydroxylation is 1. The second-order valence-electron chi connectivity index (χ2n) is 4.84. The number of nitrogens with zero attached hydrogens (tertiary/aromatic N) is 1. The average Bonchev–Trinajstić information content (AvgIpc) is 3.02. The third-order valence-electron chi connectivity index (χ3n) is 3.35. The van der Waals surface area contributed by atoms with Crippen LogP contribution in [0, 0.1) is 0 Å². The lowest BCUT2D eigenvalue weighted by Crippen LogP contribution is -2.03. The molecule has 20 heavy (non-hydrogen) atoms. The molecule has 0 unspecified atom stereocenters. The Labute approximate surface area is 122 Å². The Balaban J connectivity index is 1.88. The van der Waals surface area contributed by atoms with Crippen molar-refractivity contribution in [1.82, 2.24) is 4.98 Å². The number of hydrogen-bond donors (Lipinski definition) is 1. The zero-order valence-electron chi connectivity index (χ0n) is 11.3. The van der Waals surface area contributed by atoms with Gasteiger partial charge in [0.2, 0.25) is 0 Å². The van der Waals surface area contributed by atoms with E-state index in [2.05, 4.69) is 29.4 Å². The van der Waals surface area contributed by atoms with Gasteiger partial charge < -0.3 is 5.32 Å². The fourth-order valence-electron chi connectivity index (χ4n) is 2.28. The summed E-state index contributed by atoms with van der Waals surface area (Å²) in [6.45, 7) is 2.20. The van der Waals surface area contributed by atoms with Gasteiger partial charge in [0.15, 0.2) is 0 Å². The van der Waals surface area contributed by atoms with Crippen molar-refractivity contribution >= 4 is 34.6 Å². The quantitative estimate of drug-likeness (QED) is 0.863. The molecule has 0 aliphatic carbocycles. The Morgan fingerprint density at radius 1 is 1.35 bits per heavy atom. The van der Waals surface area contributed by atoms with E-state index in [-0.39, 0.29) is 5.91 Å². The zero-order chi connectivity index (χ0) is 13.9. The number of carbonyl (C=O) groups excluding carboxylic acids is 1. The van der Waals surface area contributed by atoms with E-state index in [0.29, 0.717) is 0 Å². The lowest BCUT2D eigenvalue weighted by atomic mass is 10.1. The molecule has 1 aliphatic heterocycles. The molecule has 2 aromatic heterocycles. The van der Waals surface area contributed by atoms with Gasteiger partial charge in [0.05, 0.1) is 17.5 Å². The number of carbonyl (C=O) groups is 1. The van der Waals surface area contributed by atoms with E-state index in [9.17, 15) is 4.79 Å². The second-order valence-corrected chi connectivity index (χ2v) is 6.04. The second kappa shape index (κ2) is 5.59. The van der Waals surface area contributed by atoms with Gasteiger partial charge in [-0.05, 0) is 37.1 Å². The van der Waals surface area contributed by atoms with Crippen molar-refractivity contribution in [3.05, 3.63) is 45.9 Å². The minimum Gasteiger partial charge on any atom is -0.320 e. The molecule has 0 atom stereocenters. The number of rotatable bonds is 4. The normalized spacial score (nSPS) is 15.4. The van der Waals surface area contributed by atoms with E-state index < -0.39 is 0 Å². The van der Waals surface area contributed by atoms with Gasteiger partial charge in [-0.1, -0.05) is 13.3 Å². The Bertz CT molecular complexity index is 673. The van der Waals surface area contributed by atoms with Crippen molar-refractivity contribution < 1.29 is 4.79 Å². The van der Waals surface area contributed by atoms with Crippen LogP contribution in [-0.4, -0.2) is 10.9 Å². The molecule has 1 amide bonds. The number of anilines is 1. The van der Waals surface area contributed by atoms with Crippen LogP contribution in [0.1, 0.15) is 35.1 Å². The van der Waals surface area contributed by atoms with Crippen molar-refractivity contribution in [1.29, 1.82) is 0 Å². The van der Waals surface area contributed by atoms with Crippen molar-refractivity contribution in [2.75, 3.05) is 5.32 Å². The molecule has 102 valence electrons. The van der Waals surface area contributed by atoms with Crippen molar-refractivity contribution in [3.63, 3.8) is 0 Å². The average molecular weight is 284 g/mol. The van der Waals surface area contributed by atoms with Crippen LogP contribution in [0.15, 0.2) is 30.6 Å². The van der Waals surface area contributed by atoms with Crippen molar-refractivity contribution in [2.45, 2.75) is 26.2 Å². The molecule has 3 rings (SSSR count). The number of unbranched alkanes of at least 4 members (excludes halogenated alkanes) is 1. The molecular weight excluding hydrogens is 268 g/mol. The molecule has 0 aromatic carbocycles. The molecule has 0 radical (unpaired) electrons. The summed E-state index contributed by atoms with van der Waals surface area (Å²) in [6.07, 6.45) is 8.92. The topological polar surface area (TPSA) is 42.0 Å². The van der Waals surface area contributed by atoms with Crippen LogP contribution in [0.2, 0.25) is 0 Å². The third-order valence-corrected chi connectivity index (χ3v) is 4.44. The predicted octanol–water partition coefficient (Wildman–Crippen LogP) is 3.98. The molecule has 2 aromatic rings. The lowest BCUT2D eigenvalue weighted by molar-refractivity contribution is -0.110. The van der Waals surface area contributed by atoms with Gasteiger partial charge in [0, 0.05) is 21.5 Å². The van der Waals surface area contributed by atoms with Gasteiger partial charge in [0.1, 0.15) is 0 Å². The molecule has 0 spiro atoms. The fraction of sp³-hybridized carbons (Fsp3) is 0.250. The molecular formula is C16H16N2OS. The van der Waals surface area contributed by atoms with Gasteiger partial charge in [-0.2, -0.15) is 0 Å². The van der Waals surface area contributed by atoms with Crippen LogP contribution in [0.25, 0.3) is 11.6 Å². The Morgan fingerprint density at radius 2 is 2.25 bits per heavy atom. The molecule has 0 saturated carbocycles. The Morgan fingerprint density at radius 3 is 3.10 bits per heavy atom. The van der Waals surface area contributed by atoms with E-state index in [1.54, 1.807) is 23.7 Å². The largest absolute Gasteiger partial charge is 0.320 e. The maximum absolute atomic E-state index is 12.0. The first-order valence-electron chi connectivity index (χ1n) is 6.84. The van der Waals surface area contributed by atoms with E-state index in [1.807, 2.05) is 12.1 Å². The molecule has 0 bridgehead atoms. The summed E-state index contributed by atoms with van der Waals surface area (Å²) in [5.74, 6) is -0.0449. The minimum atomic E-state index is -0.0449. The van der Waals surface area contributed by atoms with Crippen LogP contribution < -0.4 is 5.32 Å².